The van der Waals surface area contributed by atoms with Gasteiger partial charge in [0.15, 0.2) is 6.10 Å². The number of hydrogen-bond donors (Lipinski definition) is 7. The predicted molar refractivity (Wildman–Crippen MR) is 227 cm³/mol. The van der Waals surface area contributed by atoms with E-state index in [0.29, 0.717) is 19.3 Å². The Hall–Kier alpha value is -2.04. The Labute approximate surface area is 356 Å². The third-order valence-corrected chi connectivity index (χ3v) is 11.2. The van der Waals surface area contributed by atoms with Crippen LogP contribution in [0.2, 0.25) is 0 Å². The Morgan fingerprint density at radius 2 is 1.32 bits per heavy atom. The fourth-order valence-electron chi connectivity index (χ4n) is 6.41. The maximum absolute atomic E-state index is 12.7. The van der Waals surface area contributed by atoms with E-state index in [-0.39, 0.29) is 31.1 Å². The molecular weight excluding hydrogens is 822 g/mol. The minimum Gasteiger partial charge on any atom is -0.461 e. The van der Waals surface area contributed by atoms with Gasteiger partial charge in [0.05, 0.1) is 44.6 Å². The van der Waals surface area contributed by atoms with E-state index in [9.17, 15) is 44.0 Å². The van der Waals surface area contributed by atoms with E-state index in [0.717, 1.165) is 64.2 Å². The quantitative estimate of drug-likeness (QED) is 0.0144. The lowest BCUT2D eigenvalue weighted by molar-refractivity contribution is -0.160. The fraction of sp³-hybridized carbons (Fsp3) is 0.762. The molecule has 0 spiro atoms. The van der Waals surface area contributed by atoms with E-state index >= 15 is 0 Å². The Morgan fingerprint density at radius 1 is 0.700 bits per heavy atom. The number of ether oxygens (including phenoxy) is 2. The van der Waals surface area contributed by atoms with Crippen molar-refractivity contribution >= 4 is 27.6 Å². The molecule has 0 amide bonds. The first-order valence-electron chi connectivity index (χ1n) is 21.6. The van der Waals surface area contributed by atoms with Crippen LogP contribution in [0.25, 0.3) is 0 Å². The first-order chi connectivity index (χ1) is 28.6. The number of esters is 2. The van der Waals surface area contributed by atoms with Gasteiger partial charge in [-0.25, -0.2) is 9.13 Å². The molecule has 0 aromatic heterocycles. The van der Waals surface area contributed by atoms with Crippen molar-refractivity contribution in [1.82, 2.24) is 0 Å². The molecule has 1 fully saturated rings. The lowest BCUT2D eigenvalue weighted by Gasteiger charge is -2.20. The number of carbonyl (C=O) groups is 2. The Kier molecular flexibility index (Phi) is 31.3. The zero-order valence-electron chi connectivity index (χ0n) is 35.6. The molecule has 0 aromatic carbocycles. The van der Waals surface area contributed by atoms with Gasteiger partial charge in [0.2, 0.25) is 0 Å². The summed E-state index contributed by atoms with van der Waals surface area (Å²) in [6, 6.07) is 0. The van der Waals surface area contributed by atoms with E-state index in [1.165, 1.54) is 19.3 Å². The van der Waals surface area contributed by atoms with Gasteiger partial charge in [0.1, 0.15) is 12.7 Å². The lowest BCUT2D eigenvalue weighted by Crippen LogP contribution is -2.29. The summed E-state index contributed by atoms with van der Waals surface area (Å²) in [6.07, 6.45) is 25.2. The second kappa shape index (κ2) is 33.5. The van der Waals surface area contributed by atoms with Crippen LogP contribution in [0.5, 0.6) is 0 Å². The second-order valence-corrected chi connectivity index (χ2v) is 17.9. The molecule has 0 saturated heterocycles. The number of aliphatic hydroxyl groups excluding tert-OH is 4. The number of aliphatic hydroxyl groups is 4. The monoisotopic (exact) mass is 896 g/mol. The SMILES string of the molecule is CCCCC/C=C\C/C=C\CCCCCCCC(=O)O[C@H](COC(=O)C/C=C\C[C@H]1[C@@H](/C=C/[C@H](O)CCCCC)[C@H](O)C[C@@H]1O)COP(=O)(O)OC[C@@H](O)COP(=O)(O)O. The summed E-state index contributed by atoms with van der Waals surface area (Å²) in [4.78, 5) is 52.9. The van der Waals surface area contributed by atoms with Crippen molar-refractivity contribution in [3.8, 4) is 0 Å². The largest absolute Gasteiger partial charge is 0.472 e. The van der Waals surface area contributed by atoms with Crippen LogP contribution in [-0.4, -0.2) is 104 Å². The summed E-state index contributed by atoms with van der Waals surface area (Å²) in [6.45, 7) is 1.23. The Morgan fingerprint density at radius 3 is 2.00 bits per heavy atom. The van der Waals surface area contributed by atoms with Crippen LogP contribution >= 0.6 is 15.6 Å². The highest BCUT2D eigenvalue weighted by molar-refractivity contribution is 7.47. The van der Waals surface area contributed by atoms with Gasteiger partial charge in [0, 0.05) is 18.8 Å². The summed E-state index contributed by atoms with van der Waals surface area (Å²) in [7, 11) is -9.79. The van der Waals surface area contributed by atoms with Gasteiger partial charge in [-0.15, -0.1) is 0 Å². The van der Waals surface area contributed by atoms with Gasteiger partial charge >= 0.3 is 27.6 Å². The summed E-state index contributed by atoms with van der Waals surface area (Å²) in [5.41, 5.74) is 0. The standard InChI is InChI=1S/C42H74O16P2/c1-3-5-7-8-9-10-11-12-13-14-15-16-17-18-20-26-42(48)58-36(33-57-60(52,53)56-31-35(44)30-55-59(49,50)51)32-54-41(47)25-22-21-24-37-38(40(46)29-39(37)45)28-27-34(43)23-19-6-4-2/h9-10,12-13,21-22,27-28,34-40,43-46H,3-8,11,14-20,23-26,29-33H2,1-2H3,(H,52,53)(H2,49,50,51)/b10-9-,13-12-,22-21-,28-27+/t34-,35+,36-,37+,38-,39+,40-/m1/s1. The van der Waals surface area contributed by atoms with Crippen molar-refractivity contribution < 1.29 is 76.9 Å². The topological polar surface area (TPSA) is 256 Å². The van der Waals surface area contributed by atoms with E-state index < -0.39 is 84.5 Å². The van der Waals surface area contributed by atoms with E-state index in [2.05, 4.69) is 47.2 Å². The predicted octanol–water partition coefficient (Wildman–Crippen LogP) is 7.05. The van der Waals surface area contributed by atoms with Gasteiger partial charge in [-0.2, -0.15) is 0 Å². The molecule has 1 aliphatic rings. The summed E-state index contributed by atoms with van der Waals surface area (Å²) in [5.74, 6) is -2.06. The van der Waals surface area contributed by atoms with E-state index in [1.807, 2.05) is 0 Å². The highest BCUT2D eigenvalue weighted by Gasteiger charge is 2.39. The molecule has 348 valence electrons. The van der Waals surface area contributed by atoms with Crippen molar-refractivity contribution in [2.75, 3.05) is 26.4 Å². The zero-order chi connectivity index (χ0) is 44.7. The summed E-state index contributed by atoms with van der Waals surface area (Å²) in [5, 5.41) is 41.1. The van der Waals surface area contributed by atoms with Crippen molar-refractivity contribution in [2.45, 2.75) is 166 Å². The molecule has 0 radical (unpaired) electrons. The number of hydrogen-bond acceptors (Lipinski definition) is 13. The molecule has 60 heavy (non-hydrogen) atoms. The first kappa shape index (κ1) is 56.0. The third-order valence-electron chi connectivity index (χ3n) is 9.78. The molecule has 0 aromatic rings. The van der Waals surface area contributed by atoms with E-state index in [4.69, 9.17) is 23.8 Å². The van der Waals surface area contributed by atoms with Crippen molar-refractivity contribution in [3.63, 3.8) is 0 Å². The van der Waals surface area contributed by atoms with Crippen LogP contribution in [0.1, 0.15) is 136 Å². The van der Waals surface area contributed by atoms with Crippen LogP contribution in [0.3, 0.4) is 0 Å². The lowest BCUT2D eigenvalue weighted by atomic mass is 9.89. The average Bonchev–Trinajstić information content (AvgIpc) is 3.46. The Balaban J connectivity index is 2.64. The molecule has 16 nitrogen and oxygen atoms in total. The normalized spacial score (nSPS) is 21.3. The zero-order valence-corrected chi connectivity index (χ0v) is 37.4. The maximum Gasteiger partial charge on any atom is 0.472 e. The molecular formula is C42H74O16P2. The molecule has 0 bridgehead atoms. The molecule has 1 aliphatic carbocycles. The average molecular weight is 897 g/mol. The molecule has 1 saturated carbocycles. The highest BCUT2D eigenvalue weighted by Crippen LogP contribution is 2.44. The number of phosphoric ester groups is 2. The molecule has 18 heteroatoms. The number of unbranched alkanes of at least 4 members (excludes halogenated alkanes) is 10. The van der Waals surface area contributed by atoms with Gasteiger partial charge in [-0.3, -0.25) is 23.2 Å². The van der Waals surface area contributed by atoms with Crippen LogP contribution in [0, 0.1) is 11.8 Å². The summed E-state index contributed by atoms with van der Waals surface area (Å²) >= 11 is 0. The highest BCUT2D eigenvalue weighted by atomic mass is 31.2. The van der Waals surface area contributed by atoms with Crippen LogP contribution in [0.4, 0.5) is 0 Å². The smallest absolute Gasteiger partial charge is 0.461 e. The number of rotatable bonds is 36. The van der Waals surface area contributed by atoms with Gasteiger partial charge in [-0.1, -0.05) is 114 Å². The van der Waals surface area contributed by atoms with Crippen molar-refractivity contribution in [3.05, 3.63) is 48.6 Å². The number of phosphoric acid groups is 2. The van der Waals surface area contributed by atoms with Crippen molar-refractivity contribution in [1.29, 1.82) is 0 Å². The van der Waals surface area contributed by atoms with Gasteiger partial charge < -0.3 is 44.6 Å². The van der Waals surface area contributed by atoms with Crippen LogP contribution in [0.15, 0.2) is 48.6 Å². The number of carbonyl (C=O) groups excluding carboxylic acids is 2. The number of allylic oxidation sites excluding steroid dienone is 5. The third kappa shape index (κ3) is 30.1. The van der Waals surface area contributed by atoms with Gasteiger partial charge in [-0.05, 0) is 57.3 Å². The minimum atomic E-state index is -4.90. The van der Waals surface area contributed by atoms with Crippen LogP contribution < -0.4 is 0 Å². The fourth-order valence-corrected chi connectivity index (χ4v) is 7.56. The molecule has 1 unspecified atom stereocenters. The maximum atomic E-state index is 12.7. The molecule has 1 rings (SSSR count). The molecule has 8 atom stereocenters. The summed E-state index contributed by atoms with van der Waals surface area (Å²) < 4.78 is 47.7. The van der Waals surface area contributed by atoms with E-state index in [1.54, 1.807) is 24.3 Å². The van der Waals surface area contributed by atoms with Gasteiger partial charge in [0.25, 0.3) is 0 Å². The molecule has 7 N–H and O–H groups in total. The molecule has 0 heterocycles. The first-order valence-corrected chi connectivity index (χ1v) is 24.6. The molecule has 0 aliphatic heterocycles. The minimum absolute atomic E-state index is 0.0481. The Bertz CT molecular complexity index is 1360. The van der Waals surface area contributed by atoms with Crippen LogP contribution in [-0.2, 0) is 41.8 Å². The second-order valence-electron chi connectivity index (χ2n) is 15.2. The van der Waals surface area contributed by atoms with Crippen molar-refractivity contribution in [2.24, 2.45) is 11.8 Å².